The number of para-hydroxylation sites is 1. The van der Waals surface area contributed by atoms with E-state index >= 15 is 0 Å². The molecule has 0 aromatic heterocycles. The predicted octanol–water partition coefficient (Wildman–Crippen LogP) is 4.77. The van der Waals surface area contributed by atoms with E-state index in [0.717, 1.165) is 10.0 Å². The van der Waals surface area contributed by atoms with Crippen LogP contribution < -0.4 is 5.32 Å². The molecule has 20 heavy (non-hydrogen) atoms. The standard InChI is InChI=1S/C15H14BrClN2O/c1-19(10-11-6-2-3-7-12(11)16)15(20)18-14-9-5-4-8-13(14)17/h2-9H,10H2,1H3,(H,18,20). The maximum atomic E-state index is 12.1. The van der Waals surface area contributed by atoms with Crippen LogP contribution in [0.1, 0.15) is 5.56 Å². The smallest absolute Gasteiger partial charge is 0.321 e. The molecular weight excluding hydrogens is 340 g/mol. The Morgan fingerprint density at radius 3 is 2.55 bits per heavy atom. The molecule has 0 radical (unpaired) electrons. The van der Waals surface area contributed by atoms with Crippen molar-refractivity contribution in [2.75, 3.05) is 12.4 Å². The SMILES string of the molecule is CN(Cc1ccccc1Br)C(=O)Nc1ccccc1Cl. The van der Waals surface area contributed by atoms with Crippen molar-refractivity contribution in [3.05, 3.63) is 63.6 Å². The number of carbonyl (C=O) groups excluding carboxylic acids is 1. The zero-order valence-electron chi connectivity index (χ0n) is 10.9. The Hall–Kier alpha value is -1.52. The number of hydrogen-bond donors (Lipinski definition) is 1. The van der Waals surface area contributed by atoms with Crippen LogP contribution in [0.25, 0.3) is 0 Å². The molecule has 2 amide bonds. The number of nitrogens with one attached hydrogen (secondary N) is 1. The molecule has 3 nitrogen and oxygen atoms in total. The molecule has 2 aromatic rings. The van der Waals surface area contributed by atoms with Gasteiger partial charge < -0.3 is 10.2 Å². The zero-order valence-corrected chi connectivity index (χ0v) is 13.3. The fraction of sp³-hybridized carbons (Fsp3) is 0.133. The topological polar surface area (TPSA) is 32.3 Å². The summed E-state index contributed by atoms with van der Waals surface area (Å²) in [6.45, 7) is 0.512. The number of amides is 2. The first kappa shape index (κ1) is 14.9. The van der Waals surface area contributed by atoms with Crippen LogP contribution in [-0.2, 0) is 6.54 Å². The number of rotatable bonds is 3. The number of anilines is 1. The average molecular weight is 354 g/mol. The van der Waals surface area contributed by atoms with Crippen LogP contribution in [0.4, 0.5) is 10.5 Å². The summed E-state index contributed by atoms with van der Waals surface area (Å²) in [5, 5.41) is 3.31. The molecule has 0 unspecified atom stereocenters. The van der Waals surface area contributed by atoms with Crippen molar-refractivity contribution < 1.29 is 4.79 Å². The minimum atomic E-state index is -0.200. The van der Waals surface area contributed by atoms with Crippen molar-refractivity contribution in [1.82, 2.24) is 4.90 Å². The highest BCUT2D eigenvalue weighted by Crippen LogP contribution is 2.21. The third-order valence-corrected chi connectivity index (χ3v) is 3.93. The molecule has 0 atom stereocenters. The third kappa shape index (κ3) is 3.74. The summed E-state index contributed by atoms with van der Waals surface area (Å²) in [6.07, 6.45) is 0. The van der Waals surface area contributed by atoms with E-state index in [2.05, 4.69) is 21.2 Å². The van der Waals surface area contributed by atoms with Gasteiger partial charge in [0.1, 0.15) is 0 Å². The molecule has 2 rings (SSSR count). The quantitative estimate of drug-likeness (QED) is 0.847. The van der Waals surface area contributed by atoms with Crippen molar-refractivity contribution in [1.29, 1.82) is 0 Å². The van der Waals surface area contributed by atoms with E-state index < -0.39 is 0 Å². The van der Waals surface area contributed by atoms with Gasteiger partial charge in [0.25, 0.3) is 0 Å². The van der Waals surface area contributed by atoms with Crippen LogP contribution in [-0.4, -0.2) is 18.0 Å². The fourth-order valence-corrected chi connectivity index (χ4v) is 2.32. The van der Waals surface area contributed by atoms with Crippen molar-refractivity contribution >= 4 is 39.2 Å². The Balaban J connectivity index is 2.03. The monoisotopic (exact) mass is 352 g/mol. The molecule has 0 spiro atoms. The van der Waals surface area contributed by atoms with Crippen molar-refractivity contribution in [3.63, 3.8) is 0 Å². The lowest BCUT2D eigenvalue weighted by Crippen LogP contribution is -2.31. The summed E-state index contributed by atoms with van der Waals surface area (Å²) >= 11 is 9.49. The highest BCUT2D eigenvalue weighted by molar-refractivity contribution is 9.10. The summed E-state index contributed by atoms with van der Waals surface area (Å²) in [5.74, 6) is 0. The van der Waals surface area contributed by atoms with Gasteiger partial charge in [-0.1, -0.05) is 57.9 Å². The lowest BCUT2D eigenvalue weighted by Gasteiger charge is -2.19. The number of halogens is 2. The van der Waals surface area contributed by atoms with Gasteiger partial charge in [0.15, 0.2) is 0 Å². The van der Waals surface area contributed by atoms with E-state index in [9.17, 15) is 4.79 Å². The van der Waals surface area contributed by atoms with Crippen LogP contribution in [0, 0.1) is 0 Å². The van der Waals surface area contributed by atoms with Gasteiger partial charge in [-0.3, -0.25) is 0 Å². The van der Waals surface area contributed by atoms with Gasteiger partial charge in [-0.2, -0.15) is 0 Å². The number of carbonyl (C=O) groups is 1. The van der Waals surface area contributed by atoms with Gasteiger partial charge in [0, 0.05) is 18.1 Å². The van der Waals surface area contributed by atoms with Gasteiger partial charge in [0.05, 0.1) is 10.7 Å². The molecule has 5 heteroatoms. The molecule has 104 valence electrons. The molecule has 1 N–H and O–H groups in total. The van der Waals surface area contributed by atoms with Gasteiger partial charge in [-0.25, -0.2) is 4.79 Å². The van der Waals surface area contributed by atoms with Crippen LogP contribution in [0.15, 0.2) is 53.0 Å². The van der Waals surface area contributed by atoms with Crippen LogP contribution in [0.3, 0.4) is 0 Å². The van der Waals surface area contributed by atoms with Crippen molar-refractivity contribution in [2.24, 2.45) is 0 Å². The fourth-order valence-electron chi connectivity index (χ4n) is 1.73. The molecule has 0 fully saturated rings. The lowest BCUT2D eigenvalue weighted by atomic mass is 10.2. The van der Waals surface area contributed by atoms with Gasteiger partial charge in [-0.15, -0.1) is 0 Å². The number of urea groups is 1. The zero-order chi connectivity index (χ0) is 14.5. The number of nitrogens with zero attached hydrogens (tertiary/aromatic N) is 1. The van der Waals surface area contributed by atoms with E-state index in [0.29, 0.717) is 17.3 Å². The highest BCUT2D eigenvalue weighted by atomic mass is 79.9. The molecule has 0 saturated carbocycles. The summed E-state index contributed by atoms with van der Waals surface area (Å²) in [5.41, 5.74) is 1.66. The lowest BCUT2D eigenvalue weighted by molar-refractivity contribution is 0.220. The van der Waals surface area contributed by atoms with E-state index in [-0.39, 0.29) is 6.03 Å². The van der Waals surface area contributed by atoms with Crippen molar-refractivity contribution in [3.8, 4) is 0 Å². The second kappa shape index (κ2) is 6.77. The first-order valence-electron chi connectivity index (χ1n) is 6.08. The van der Waals surface area contributed by atoms with E-state index in [4.69, 9.17) is 11.6 Å². The summed E-state index contributed by atoms with van der Waals surface area (Å²) in [6, 6.07) is 14.8. The minimum absolute atomic E-state index is 0.200. The number of hydrogen-bond acceptors (Lipinski definition) is 1. The van der Waals surface area contributed by atoms with Crippen LogP contribution in [0.5, 0.6) is 0 Å². The van der Waals surface area contributed by atoms with E-state index in [1.165, 1.54) is 0 Å². The van der Waals surface area contributed by atoms with Gasteiger partial charge in [0.2, 0.25) is 0 Å². The second-order valence-corrected chi connectivity index (χ2v) is 5.62. The van der Waals surface area contributed by atoms with Crippen molar-refractivity contribution in [2.45, 2.75) is 6.54 Å². The first-order valence-corrected chi connectivity index (χ1v) is 7.25. The van der Waals surface area contributed by atoms with Gasteiger partial charge >= 0.3 is 6.03 Å². The summed E-state index contributed by atoms with van der Waals surface area (Å²) in [4.78, 5) is 13.7. The van der Waals surface area contributed by atoms with Crippen LogP contribution >= 0.6 is 27.5 Å². The molecule has 0 bridgehead atoms. The Labute approximate surface area is 131 Å². The van der Waals surface area contributed by atoms with E-state index in [1.54, 1.807) is 24.1 Å². The summed E-state index contributed by atoms with van der Waals surface area (Å²) < 4.78 is 0.984. The highest BCUT2D eigenvalue weighted by Gasteiger charge is 2.12. The summed E-state index contributed by atoms with van der Waals surface area (Å²) in [7, 11) is 1.74. The third-order valence-electron chi connectivity index (χ3n) is 2.83. The first-order chi connectivity index (χ1) is 9.58. The molecule has 2 aromatic carbocycles. The normalized spacial score (nSPS) is 10.2. The molecule has 0 aliphatic rings. The van der Waals surface area contributed by atoms with E-state index in [1.807, 2.05) is 36.4 Å². The second-order valence-electron chi connectivity index (χ2n) is 4.36. The minimum Gasteiger partial charge on any atom is -0.323 e. The Morgan fingerprint density at radius 2 is 1.85 bits per heavy atom. The molecule has 0 heterocycles. The Bertz CT molecular complexity index is 618. The molecule has 0 aliphatic carbocycles. The Kier molecular flexibility index (Phi) is 5.04. The van der Waals surface area contributed by atoms with Crippen LogP contribution in [0.2, 0.25) is 5.02 Å². The average Bonchev–Trinajstić information content (AvgIpc) is 2.43. The predicted molar refractivity (Wildman–Crippen MR) is 86.1 cm³/mol. The number of benzene rings is 2. The Morgan fingerprint density at radius 1 is 1.20 bits per heavy atom. The largest absolute Gasteiger partial charge is 0.323 e. The van der Waals surface area contributed by atoms with Gasteiger partial charge in [-0.05, 0) is 23.8 Å². The maximum absolute atomic E-state index is 12.1. The maximum Gasteiger partial charge on any atom is 0.321 e. The molecular formula is C15H14BrClN2O. The molecule has 0 saturated heterocycles. The molecule has 0 aliphatic heterocycles.